The fourth-order valence-corrected chi connectivity index (χ4v) is 23.0. The Bertz CT molecular complexity index is 1780. The molecule has 12 fully saturated rings. The predicted octanol–water partition coefficient (Wildman–Crippen LogP) is 12.1. The van der Waals surface area contributed by atoms with Crippen molar-refractivity contribution in [2.45, 2.75) is 178 Å². The molecule has 0 aliphatic heterocycles. The molecular weight excluding hydrogens is 801 g/mol. The predicted molar refractivity (Wildman–Crippen MR) is 244 cm³/mol. The van der Waals surface area contributed by atoms with E-state index in [1.165, 1.54) is 57.8 Å². The first-order valence-electron chi connectivity index (χ1n) is 24.3. The van der Waals surface area contributed by atoms with Crippen molar-refractivity contribution in [1.29, 1.82) is 0 Å². The van der Waals surface area contributed by atoms with Crippen molar-refractivity contribution in [3.63, 3.8) is 0 Å². The second kappa shape index (κ2) is 14.8. The smallest absolute Gasteiger partial charge is 0.277 e. The van der Waals surface area contributed by atoms with Crippen LogP contribution in [0.5, 0.6) is 17.2 Å². The quantitative estimate of drug-likeness (QED) is 0.229. The first kappa shape index (κ1) is 42.9. The molecule has 330 valence electrons. The van der Waals surface area contributed by atoms with E-state index in [-0.39, 0.29) is 49.7 Å². The Morgan fingerprint density at radius 2 is 0.633 bits per heavy atom. The Kier molecular flexibility index (Phi) is 10.6. The summed E-state index contributed by atoms with van der Waals surface area (Å²) in [7, 11) is -6.97. The van der Waals surface area contributed by atoms with E-state index < -0.39 is 24.0 Å². The van der Waals surface area contributed by atoms with E-state index in [9.17, 15) is 0 Å². The molecule has 13 rings (SSSR count). The molecule has 60 heavy (non-hydrogen) atoms. The monoisotopic (exact) mass is 876 g/mol. The van der Waals surface area contributed by atoms with Crippen LogP contribution in [-0.2, 0) is 0 Å². The van der Waals surface area contributed by atoms with Crippen molar-refractivity contribution in [3.8, 4) is 17.2 Å². The first-order valence-corrected chi connectivity index (χ1v) is 27.9. The topological polar surface area (TPSA) is 96.9 Å². The summed E-state index contributed by atoms with van der Waals surface area (Å²) in [5.74, 6) is 7.04. The molecule has 12 aliphatic carbocycles. The van der Waals surface area contributed by atoms with Crippen molar-refractivity contribution >= 4 is 39.9 Å². The van der Waals surface area contributed by atoms with Crippen LogP contribution < -0.4 is 28.3 Å². The van der Waals surface area contributed by atoms with Crippen LogP contribution in [0.15, 0.2) is 18.2 Å². The maximum absolute atomic E-state index is 15.4. The van der Waals surface area contributed by atoms with Crippen LogP contribution in [0.1, 0.15) is 178 Å². The van der Waals surface area contributed by atoms with Gasteiger partial charge in [-0.1, -0.05) is 68.4 Å². The van der Waals surface area contributed by atoms with Crippen LogP contribution in [-0.4, -0.2) is 15.9 Å². The zero-order valence-electron chi connectivity index (χ0n) is 38.4. The van der Waals surface area contributed by atoms with Crippen LogP contribution in [0.25, 0.3) is 0 Å². The molecule has 12 saturated carbocycles. The highest BCUT2D eigenvalue weighted by molar-refractivity contribution is 7.48. The van der Waals surface area contributed by atoms with Gasteiger partial charge in [-0.05, 0) is 181 Å². The van der Waals surface area contributed by atoms with E-state index in [2.05, 4.69) is 62.3 Å². The highest BCUT2D eigenvalue weighted by Crippen LogP contribution is 2.67. The van der Waals surface area contributed by atoms with E-state index in [1.807, 2.05) is 18.2 Å². The fraction of sp³-hybridized carbons (Fsp3) is 0.824. The maximum Gasteiger partial charge on any atom is 0.277 e. The van der Waals surface area contributed by atoms with Gasteiger partial charge in [0.05, 0.1) is 0 Å². The number of rotatable bonds is 9. The molecule has 12 aliphatic rings. The summed E-state index contributed by atoms with van der Waals surface area (Å²) in [5.41, 5.74) is -1.32. The van der Waals surface area contributed by atoms with Gasteiger partial charge in [0.2, 0.25) is 11.5 Å². The fourth-order valence-electron chi connectivity index (χ4n) is 18.1. The molecule has 6 nitrogen and oxygen atoms in total. The maximum atomic E-state index is 15.4. The number of hydrogen-bond donors (Lipinski definition) is 0. The van der Waals surface area contributed by atoms with Gasteiger partial charge in [0.1, 0.15) is 15.9 Å². The van der Waals surface area contributed by atoms with Crippen molar-refractivity contribution < 1.29 is 28.3 Å². The molecule has 12 bridgehead atoms. The highest BCUT2D eigenvalue weighted by Gasteiger charge is 2.61. The molecular formula is C51H75O6P3. The third kappa shape index (κ3) is 7.54. The zero-order chi connectivity index (χ0) is 42.4. The first-order chi connectivity index (χ1) is 28.1. The van der Waals surface area contributed by atoms with Crippen molar-refractivity contribution in [1.82, 2.24) is 0 Å². The summed E-state index contributed by atoms with van der Waals surface area (Å²) in [4.78, 5) is 45.9. The standard InChI is InChI=1S/C51H75O6P3/c1-46(2,3)43(49-22-31-13-32(23-49)15-33(14-31)24-49)58(52)55-40-11-10-12-41(56-59(53)44(47(4,5)6)50-25-34-16-35(26-50)18-36(17-34)27-50)42(40)57-60(54)45(48(7,8)9)51-28-37-19-38(29-51)21-39(20-37)30-51/h10-12,31-39H,13-30H2,1-9H3. The third-order valence-electron chi connectivity index (χ3n) is 17.8. The van der Waals surface area contributed by atoms with Gasteiger partial charge in [-0.15, -0.1) is 0 Å². The molecule has 1 aromatic carbocycles. The molecule has 3 atom stereocenters. The van der Waals surface area contributed by atoms with Gasteiger partial charge in [0.15, 0.2) is 0 Å². The van der Waals surface area contributed by atoms with E-state index in [0.717, 1.165) is 73.7 Å². The van der Waals surface area contributed by atoms with Gasteiger partial charge in [-0.2, -0.15) is 0 Å². The highest BCUT2D eigenvalue weighted by atomic mass is 31.1. The van der Waals surface area contributed by atoms with E-state index in [0.29, 0.717) is 53.3 Å². The lowest BCUT2D eigenvalue weighted by molar-refractivity contribution is -0.169. The molecule has 0 saturated heterocycles. The molecule has 9 heteroatoms. The lowest BCUT2D eigenvalue weighted by Crippen LogP contribution is -2.53. The molecule has 0 aromatic heterocycles. The minimum atomic E-state index is -2.37. The van der Waals surface area contributed by atoms with E-state index in [1.54, 1.807) is 0 Å². The summed E-state index contributed by atoms with van der Waals surface area (Å²) in [6.07, 6.45) is 21.6. The Hall–Kier alpha value is -0.990. The molecule has 0 radical (unpaired) electrons. The van der Waals surface area contributed by atoms with Gasteiger partial charge >= 0.3 is 0 Å². The number of benzene rings is 1. The number of para-hydroxylation sites is 1. The van der Waals surface area contributed by atoms with Gasteiger partial charge < -0.3 is 14.7 Å². The largest absolute Gasteiger partial charge is 0.595 e. The van der Waals surface area contributed by atoms with Crippen molar-refractivity contribution in [2.75, 3.05) is 0 Å². The van der Waals surface area contributed by atoms with Gasteiger partial charge in [-0.25, -0.2) is 0 Å². The van der Waals surface area contributed by atoms with Crippen molar-refractivity contribution in [2.24, 2.45) is 85.8 Å². The summed E-state index contributed by atoms with van der Waals surface area (Å²) in [6, 6.07) is 5.49. The van der Waals surface area contributed by atoms with Crippen LogP contribution >= 0.6 is 24.0 Å². The minimum Gasteiger partial charge on any atom is -0.595 e. The molecule has 0 spiro atoms. The van der Waals surface area contributed by atoms with Crippen molar-refractivity contribution in [3.05, 3.63) is 18.2 Å². The second-order valence-electron chi connectivity index (χ2n) is 26.0. The van der Waals surface area contributed by atoms with Crippen LogP contribution in [0.3, 0.4) is 0 Å². The average Bonchev–Trinajstić information content (AvgIpc) is 3.05. The van der Waals surface area contributed by atoms with E-state index in [4.69, 9.17) is 13.6 Å². The van der Waals surface area contributed by atoms with Gasteiger partial charge in [0.25, 0.3) is 29.7 Å². The van der Waals surface area contributed by atoms with E-state index >= 15 is 14.7 Å². The van der Waals surface area contributed by atoms with Crippen LogP contribution in [0, 0.1) is 85.8 Å². The summed E-state index contributed by atoms with van der Waals surface area (Å²) >= 11 is 0. The normalized spacial score (nSPS) is 41.3. The summed E-state index contributed by atoms with van der Waals surface area (Å²) in [6.45, 7) is 19.9. The number of hydrogen-bond acceptors (Lipinski definition) is 6. The van der Waals surface area contributed by atoms with Gasteiger partial charge in [-0.3, -0.25) is 13.6 Å². The lowest BCUT2D eigenvalue weighted by Gasteiger charge is -2.57. The van der Waals surface area contributed by atoms with Crippen LogP contribution in [0.2, 0.25) is 0 Å². The molecule has 3 unspecified atom stereocenters. The lowest BCUT2D eigenvalue weighted by atomic mass is 9.47. The molecule has 0 amide bonds. The average molecular weight is 877 g/mol. The Balaban J connectivity index is 1.09. The Morgan fingerprint density at radius 3 is 0.850 bits per heavy atom. The Labute approximate surface area is 365 Å². The SMILES string of the molecule is CC(C)(C)C(=[P+]([O-])Oc1cccc(O[P+]([O-])=C(C(C)(C)C)C23CC4CC(CC(C4)C2)C3)c1O[P+]([O-])=C(C(C)(C)C)C12CC3CC(CC(C3)C1)C2)C12CC3CC(CC(C3)C1)C2. The minimum absolute atomic E-state index is 0.0931. The Morgan fingerprint density at radius 1 is 0.417 bits per heavy atom. The molecule has 0 heterocycles. The molecule has 1 aromatic rings. The second-order valence-corrected chi connectivity index (χ2v) is 29.5. The zero-order valence-corrected chi connectivity index (χ0v) is 41.1. The molecule has 0 N–H and O–H groups in total. The summed E-state index contributed by atoms with van der Waals surface area (Å²) in [5, 5.41) is 3.10. The van der Waals surface area contributed by atoms with Gasteiger partial charge in [0, 0.05) is 32.5 Å². The van der Waals surface area contributed by atoms with Crippen LogP contribution in [0.4, 0.5) is 0 Å². The third-order valence-corrected chi connectivity index (χ3v) is 23.4. The summed E-state index contributed by atoms with van der Waals surface area (Å²) < 4.78 is 20.6.